The number of hydrogen-bond donors (Lipinski definition) is 1. The minimum Gasteiger partial charge on any atom is -0.464 e. The van der Waals surface area contributed by atoms with Crippen LogP contribution in [0.25, 0.3) is 0 Å². The molecule has 0 fully saturated rings. The highest BCUT2D eigenvalue weighted by molar-refractivity contribution is 5.81. The van der Waals surface area contributed by atoms with Gasteiger partial charge in [-0.1, -0.05) is 84.5 Å². The van der Waals surface area contributed by atoms with Crippen LogP contribution in [0.3, 0.4) is 0 Å². The monoisotopic (exact) mass is 367 g/mol. The van der Waals surface area contributed by atoms with Crippen LogP contribution >= 0.6 is 0 Å². The summed E-state index contributed by atoms with van der Waals surface area (Å²) in [4.78, 5) is 23.7. The number of carbonyl (C=O) groups is 2. The maximum absolute atomic E-state index is 12.1. The van der Waals surface area contributed by atoms with E-state index in [-0.39, 0.29) is 12.5 Å². The highest BCUT2D eigenvalue weighted by Gasteiger charge is 2.26. The first kappa shape index (κ1) is 24.3. The predicted molar refractivity (Wildman–Crippen MR) is 105 cm³/mol. The van der Waals surface area contributed by atoms with Crippen molar-refractivity contribution in [3.05, 3.63) is 0 Å². The molecule has 26 heavy (non-hydrogen) atoms. The van der Waals surface area contributed by atoms with Crippen LogP contribution in [0.4, 0.5) is 4.79 Å². The van der Waals surface area contributed by atoms with E-state index in [1.54, 1.807) is 0 Å². The third kappa shape index (κ3) is 13.6. The van der Waals surface area contributed by atoms with Gasteiger partial charge in [0.2, 0.25) is 0 Å². The lowest BCUT2D eigenvalue weighted by atomic mass is 10.1. The zero-order valence-corrected chi connectivity index (χ0v) is 16.9. The number of terminal acetylenes is 1. The van der Waals surface area contributed by atoms with Gasteiger partial charge in [-0.2, -0.15) is 0 Å². The summed E-state index contributed by atoms with van der Waals surface area (Å²) >= 11 is 0. The molecule has 0 aliphatic rings. The van der Waals surface area contributed by atoms with Crippen molar-refractivity contribution in [3.8, 4) is 12.3 Å². The summed E-state index contributed by atoms with van der Waals surface area (Å²) in [5, 5.41) is 2.51. The number of esters is 1. The Balaban J connectivity index is 3.77. The summed E-state index contributed by atoms with van der Waals surface area (Å²) in [5.41, 5.74) is 0. The number of hydrogen-bond acceptors (Lipinski definition) is 4. The number of alkyl carbamates (subject to hydrolysis) is 1. The quantitative estimate of drug-likeness (QED) is 0.256. The summed E-state index contributed by atoms with van der Waals surface area (Å²) in [7, 11) is 0. The van der Waals surface area contributed by atoms with Crippen molar-refractivity contribution in [3.63, 3.8) is 0 Å². The van der Waals surface area contributed by atoms with Gasteiger partial charge in [-0.25, -0.2) is 9.59 Å². The summed E-state index contributed by atoms with van der Waals surface area (Å²) in [6.07, 6.45) is 16.6. The topological polar surface area (TPSA) is 64.6 Å². The second-order valence-corrected chi connectivity index (χ2v) is 7.00. The van der Waals surface area contributed by atoms with Crippen LogP contribution in [0.15, 0.2) is 0 Å². The maximum Gasteiger partial charge on any atom is 0.408 e. The molecule has 5 heteroatoms. The predicted octanol–water partition coefficient (Wildman–Crippen LogP) is 4.83. The molecule has 1 amide bonds. The molecule has 0 saturated heterocycles. The summed E-state index contributed by atoms with van der Waals surface area (Å²) < 4.78 is 10.0. The first-order chi connectivity index (χ1) is 12.5. The van der Waals surface area contributed by atoms with Gasteiger partial charge in [0.15, 0.2) is 6.61 Å². The van der Waals surface area contributed by atoms with Gasteiger partial charge in [0, 0.05) is 0 Å². The number of unbranched alkanes of at least 4 members (excludes halogenated alkanes) is 9. The molecule has 1 atom stereocenters. The van der Waals surface area contributed by atoms with E-state index < -0.39 is 18.1 Å². The normalized spacial score (nSPS) is 11.7. The molecule has 5 nitrogen and oxygen atoms in total. The number of ether oxygens (including phenoxy) is 2. The Morgan fingerprint density at radius 3 is 1.96 bits per heavy atom. The fraction of sp³-hybridized carbons (Fsp3) is 0.810. The molecule has 0 heterocycles. The minimum atomic E-state index is -0.719. The SMILES string of the molecule is C#CCOC(=O)NC(C(=O)OCCCCCCCCCCCC)C(C)C. The Kier molecular flexibility index (Phi) is 15.7. The molecular weight excluding hydrogens is 330 g/mol. The first-order valence-electron chi connectivity index (χ1n) is 10.1. The number of amides is 1. The molecule has 0 saturated carbocycles. The Morgan fingerprint density at radius 2 is 1.46 bits per heavy atom. The fourth-order valence-electron chi connectivity index (χ4n) is 2.63. The van der Waals surface area contributed by atoms with Gasteiger partial charge in [0.05, 0.1) is 6.61 Å². The van der Waals surface area contributed by atoms with E-state index in [1.807, 2.05) is 13.8 Å². The van der Waals surface area contributed by atoms with Crippen LogP contribution in [0.2, 0.25) is 0 Å². The lowest BCUT2D eigenvalue weighted by Gasteiger charge is -2.20. The van der Waals surface area contributed by atoms with E-state index in [2.05, 4.69) is 18.2 Å². The largest absolute Gasteiger partial charge is 0.464 e. The van der Waals surface area contributed by atoms with Crippen molar-refractivity contribution in [2.45, 2.75) is 91.0 Å². The van der Waals surface area contributed by atoms with Crippen LogP contribution in [-0.4, -0.2) is 31.3 Å². The Bertz CT molecular complexity index is 415. The van der Waals surface area contributed by atoms with E-state index in [4.69, 9.17) is 15.9 Å². The van der Waals surface area contributed by atoms with Crippen molar-refractivity contribution in [1.29, 1.82) is 0 Å². The molecule has 1 N–H and O–H groups in total. The lowest BCUT2D eigenvalue weighted by Crippen LogP contribution is -2.45. The maximum atomic E-state index is 12.1. The van der Waals surface area contributed by atoms with Crippen LogP contribution in [0, 0.1) is 18.3 Å². The molecule has 1 unspecified atom stereocenters. The highest BCUT2D eigenvalue weighted by atomic mass is 16.6. The van der Waals surface area contributed by atoms with Crippen LogP contribution in [0.1, 0.15) is 85.0 Å². The van der Waals surface area contributed by atoms with Gasteiger partial charge in [0.1, 0.15) is 6.04 Å². The van der Waals surface area contributed by atoms with E-state index in [0.29, 0.717) is 6.61 Å². The van der Waals surface area contributed by atoms with E-state index in [1.165, 1.54) is 51.4 Å². The molecule has 0 aromatic heterocycles. The van der Waals surface area contributed by atoms with Gasteiger partial charge in [-0.3, -0.25) is 0 Å². The molecule has 0 aromatic carbocycles. The van der Waals surface area contributed by atoms with Gasteiger partial charge in [0.25, 0.3) is 0 Å². The van der Waals surface area contributed by atoms with Crippen molar-refractivity contribution >= 4 is 12.1 Å². The Hall–Kier alpha value is -1.70. The van der Waals surface area contributed by atoms with Gasteiger partial charge in [-0.15, -0.1) is 6.42 Å². The van der Waals surface area contributed by atoms with Crippen molar-refractivity contribution in [1.82, 2.24) is 5.32 Å². The number of rotatable bonds is 15. The lowest BCUT2D eigenvalue weighted by molar-refractivity contribution is -0.147. The van der Waals surface area contributed by atoms with E-state index in [9.17, 15) is 9.59 Å². The summed E-state index contributed by atoms with van der Waals surface area (Å²) in [5.74, 6) is 1.69. The zero-order valence-electron chi connectivity index (χ0n) is 16.9. The standard InChI is InChI=1S/C21H37NO4/c1-5-7-8-9-10-11-12-13-14-15-17-25-20(23)19(18(3)4)22-21(24)26-16-6-2/h2,18-19H,5,7-17H2,1,3-4H3,(H,22,24). The Labute approximate surface area is 159 Å². The second-order valence-electron chi connectivity index (χ2n) is 7.00. The molecule has 0 spiro atoms. The smallest absolute Gasteiger partial charge is 0.408 e. The van der Waals surface area contributed by atoms with Crippen LogP contribution < -0.4 is 5.32 Å². The molecule has 0 radical (unpaired) electrons. The summed E-state index contributed by atoms with van der Waals surface area (Å²) in [6.45, 7) is 6.18. The second kappa shape index (κ2) is 16.8. The van der Waals surface area contributed by atoms with Crippen LogP contribution in [-0.2, 0) is 14.3 Å². The summed E-state index contributed by atoms with van der Waals surface area (Å²) in [6, 6.07) is -0.719. The average molecular weight is 368 g/mol. The zero-order chi connectivity index (χ0) is 19.6. The van der Waals surface area contributed by atoms with Crippen molar-refractivity contribution < 1.29 is 19.1 Å². The first-order valence-corrected chi connectivity index (χ1v) is 10.1. The van der Waals surface area contributed by atoms with Crippen LogP contribution in [0.5, 0.6) is 0 Å². The molecule has 150 valence electrons. The fourth-order valence-corrected chi connectivity index (χ4v) is 2.63. The number of carbonyl (C=O) groups excluding carboxylic acids is 2. The van der Waals surface area contributed by atoms with E-state index >= 15 is 0 Å². The third-order valence-corrected chi connectivity index (χ3v) is 4.22. The molecular formula is C21H37NO4. The Morgan fingerprint density at radius 1 is 0.923 bits per heavy atom. The molecule has 0 aliphatic heterocycles. The van der Waals surface area contributed by atoms with Crippen molar-refractivity contribution in [2.24, 2.45) is 5.92 Å². The minimum absolute atomic E-state index is 0.0893. The molecule has 0 rings (SSSR count). The average Bonchev–Trinajstić information content (AvgIpc) is 2.61. The molecule has 0 aliphatic carbocycles. The highest BCUT2D eigenvalue weighted by Crippen LogP contribution is 2.11. The van der Waals surface area contributed by atoms with Crippen molar-refractivity contribution in [2.75, 3.05) is 13.2 Å². The van der Waals surface area contributed by atoms with Gasteiger partial charge < -0.3 is 14.8 Å². The van der Waals surface area contributed by atoms with Gasteiger partial charge >= 0.3 is 12.1 Å². The van der Waals surface area contributed by atoms with E-state index in [0.717, 1.165) is 12.8 Å². The number of nitrogens with one attached hydrogen (secondary N) is 1. The molecule has 0 bridgehead atoms. The van der Waals surface area contributed by atoms with Gasteiger partial charge in [-0.05, 0) is 12.3 Å². The third-order valence-electron chi connectivity index (χ3n) is 4.22. The molecule has 0 aromatic rings.